The molecule has 0 spiro atoms. The second kappa shape index (κ2) is 6.48. The Kier molecular flexibility index (Phi) is 4.64. The Morgan fingerprint density at radius 1 is 1.14 bits per heavy atom. The largest absolute Gasteiger partial charge is 0.352 e. The fourth-order valence-corrected chi connectivity index (χ4v) is 3.75. The number of hydrogen-bond acceptors (Lipinski definition) is 1. The van der Waals surface area contributed by atoms with Crippen LogP contribution in [0, 0.1) is 3.57 Å². The van der Waals surface area contributed by atoms with Gasteiger partial charge in [-0.3, -0.25) is 4.79 Å². The molecule has 2 nitrogen and oxygen atoms in total. The average molecular weight is 456 g/mol. The maximum atomic E-state index is 12.1. The van der Waals surface area contributed by atoms with Crippen molar-refractivity contribution < 1.29 is 4.79 Å². The first-order chi connectivity index (χ1) is 10.1. The number of benzene rings is 2. The third-order valence-corrected chi connectivity index (χ3v) is 5.45. The Morgan fingerprint density at radius 3 is 2.76 bits per heavy atom. The number of alkyl halides is 1. The minimum atomic E-state index is 0.0479. The smallest absolute Gasteiger partial charge is 0.251 e. The Balaban J connectivity index is 1.98. The highest BCUT2D eigenvalue weighted by Crippen LogP contribution is 2.33. The number of carbonyl (C=O) groups is 1. The molecule has 4 heteroatoms. The molecule has 0 saturated heterocycles. The molecular weight excluding hydrogens is 441 g/mol. The number of hydrogen-bond donors (Lipinski definition) is 1. The fraction of sp³-hybridized carbons (Fsp3) is 0.235. The van der Waals surface area contributed by atoms with E-state index in [0.29, 0.717) is 0 Å². The summed E-state index contributed by atoms with van der Waals surface area (Å²) < 4.78 is 1.21. The Bertz CT molecular complexity index is 686. The summed E-state index contributed by atoms with van der Waals surface area (Å²) in [5.41, 5.74) is 4.29. The van der Waals surface area contributed by atoms with E-state index in [2.05, 4.69) is 80.2 Å². The second-order valence-electron chi connectivity index (χ2n) is 5.19. The minimum Gasteiger partial charge on any atom is -0.352 e. The number of halogens is 2. The van der Waals surface area contributed by atoms with Crippen molar-refractivity contribution in [3.63, 3.8) is 0 Å². The standard InChI is InChI=1S/C17H15BrINO/c18-16(12-3-1-5-14(19)9-12)13-7-6-11-4-2-8-20-17(21)15(11)10-13/h1,3,5-7,9-10,16H,2,4,8H2,(H,20,21). The lowest BCUT2D eigenvalue weighted by Gasteiger charge is -2.14. The summed E-state index contributed by atoms with van der Waals surface area (Å²) in [5, 5.41) is 2.96. The van der Waals surface area contributed by atoms with Crippen molar-refractivity contribution >= 4 is 44.4 Å². The normalized spacial score (nSPS) is 15.8. The Labute approximate surface area is 146 Å². The molecule has 2 aromatic carbocycles. The maximum Gasteiger partial charge on any atom is 0.251 e. The quantitative estimate of drug-likeness (QED) is 0.526. The molecule has 0 aliphatic carbocycles. The SMILES string of the molecule is O=C1NCCCc2ccc(C(Br)c3cccc(I)c3)cc21. The van der Waals surface area contributed by atoms with Gasteiger partial charge >= 0.3 is 0 Å². The molecule has 1 amide bonds. The van der Waals surface area contributed by atoms with Crippen LogP contribution < -0.4 is 5.32 Å². The van der Waals surface area contributed by atoms with Crippen LogP contribution in [0.5, 0.6) is 0 Å². The summed E-state index contributed by atoms with van der Waals surface area (Å²) in [4.78, 5) is 12.2. The van der Waals surface area contributed by atoms with E-state index in [0.717, 1.165) is 36.1 Å². The molecule has 0 fully saturated rings. The van der Waals surface area contributed by atoms with Crippen LogP contribution in [0.1, 0.15) is 38.3 Å². The van der Waals surface area contributed by atoms with Crippen molar-refractivity contribution in [2.45, 2.75) is 17.7 Å². The lowest BCUT2D eigenvalue weighted by atomic mass is 9.97. The summed E-state index contributed by atoms with van der Waals surface area (Å²) in [6, 6.07) is 14.6. The fourth-order valence-electron chi connectivity index (χ4n) is 2.61. The maximum absolute atomic E-state index is 12.1. The van der Waals surface area contributed by atoms with Gasteiger partial charge in [0.05, 0.1) is 4.83 Å². The topological polar surface area (TPSA) is 29.1 Å². The van der Waals surface area contributed by atoms with Gasteiger partial charge in [0, 0.05) is 15.7 Å². The molecule has 1 heterocycles. The summed E-state index contributed by atoms with van der Waals surface area (Å²) in [6.45, 7) is 0.761. The van der Waals surface area contributed by atoms with Gasteiger partial charge in [-0.15, -0.1) is 0 Å². The van der Waals surface area contributed by atoms with E-state index in [1.165, 1.54) is 9.13 Å². The summed E-state index contributed by atoms with van der Waals surface area (Å²) >= 11 is 6.08. The van der Waals surface area contributed by atoms with Crippen molar-refractivity contribution in [2.75, 3.05) is 6.54 Å². The van der Waals surface area contributed by atoms with Crippen LogP contribution in [0.3, 0.4) is 0 Å². The van der Waals surface area contributed by atoms with Gasteiger partial charge in [-0.25, -0.2) is 0 Å². The third-order valence-electron chi connectivity index (χ3n) is 3.72. The van der Waals surface area contributed by atoms with Crippen LogP contribution in [0.2, 0.25) is 0 Å². The number of carbonyl (C=O) groups excluding carboxylic acids is 1. The van der Waals surface area contributed by atoms with E-state index >= 15 is 0 Å². The number of rotatable bonds is 2. The van der Waals surface area contributed by atoms with Gasteiger partial charge < -0.3 is 5.32 Å². The zero-order chi connectivity index (χ0) is 14.8. The molecule has 0 saturated carbocycles. The highest BCUT2D eigenvalue weighted by Gasteiger charge is 2.18. The van der Waals surface area contributed by atoms with Crippen LogP contribution in [-0.4, -0.2) is 12.5 Å². The zero-order valence-electron chi connectivity index (χ0n) is 11.4. The Hall–Kier alpha value is -0.880. The van der Waals surface area contributed by atoms with E-state index in [1.807, 2.05) is 6.07 Å². The molecule has 1 N–H and O–H groups in total. The first-order valence-electron chi connectivity index (χ1n) is 6.96. The summed E-state index contributed by atoms with van der Waals surface area (Å²) in [5.74, 6) is 0.0479. The lowest BCUT2D eigenvalue weighted by molar-refractivity contribution is 0.0956. The van der Waals surface area contributed by atoms with Crippen molar-refractivity contribution in [2.24, 2.45) is 0 Å². The van der Waals surface area contributed by atoms with Crippen molar-refractivity contribution in [3.8, 4) is 0 Å². The monoisotopic (exact) mass is 455 g/mol. The molecular formula is C17H15BrINO. The summed E-state index contributed by atoms with van der Waals surface area (Å²) in [7, 11) is 0. The predicted octanol–water partition coefficient (Wildman–Crippen LogP) is 4.45. The molecule has 1 aliphatic rings. The average Bonchev–Trinajstić information content (AvgIpc) is 2.68. The highest BCUT2D eigenvalue weighted by atomic mass is 127. The van der Waals surface area contributed by atoms with Crippen molar-refractivity contribution in [3.05, 3.63) is 68.3 Å². The second-order valence-corrected chi connectivity index (χ2v) is 7.35. The molecule has 1 aliphatic heterocycles. The van der Waals surface area contributed by atoms with E-state index in [1.54, 1.807) is 0 Å². The van der Waals surface area contributed by atoms with Crippen LogP contribution >= 0.6 is 38.5 Å². The Morgan fingerprint density at radius 2 is 1.95 bits per heavy atom. The van der Waals surface area contributed by atoms with Crippen molar-refractivity contribution in [1.29, 1.82) is 0 Å². The van der Waals surface area contributed by atoms with Crippen LogP contribution in [0.4, 0.5) is 0 Å². The van der Waals surface area contributed by atoms with E-state index in [4.69, 9.17) is 0 Å². The molecule has 1 unspecified atom stereocenters. The van der Waals surface area contributed by atoms with Gasteiger partial charge in [0.15, 0.2) is 0 Å². The molecule has 0 aromatic heterocycles. The summed E-state index contributed by atoms with van der Waals surface area (Å²) in [6.07, 6.45) is 1.97. The molecule has 0 bridgehead atoms. The van der Waals surface area contributed by atoms with Crippen molar-refractivity contribution in [1.82, 2.24) is 5.32 Å². The minimum absolute atomic E-state index is 0.0479. The molecule has 1 atom stereocenters. The zero-order valence-corrected chi connectivity index (χ0v) is 15.1. The van der Waals surface area contributed by atoms with Gasteiger partial charge in [0.25, 0.3) is 5.91 Å². The number of amides is 1. The van der Waals surface area contributed by atoms with E-state index in [-0.39, 0.29) is 10.7 Å². The van der Waals surface area contributed by atoms with Gasteiger partial charge in [-0.2, -0.15) is 0 Å². The third kappa shape index (κ3) is 3.31. The molecule has 2 aromatic rings. The highest BCUT2D eigenvalue weighted by molar-refractivity contribution is 14.1. The molecule has 0 radical (unpaired) electrons. The van der Waals surface area contributed by atoms with Crippen LogP contribution in [-0.2, 0) is 6.42 Å². The van der Waals surface area contributed by atoms with Crippen LogP contribution in [0.25, 0.3) is 0 Å². The van der Waals surface area contributed by atoms with E-state index < -0.39 is 0 Å². The molecule has 108 valence electrons. The van der Waals surface area contributed by atoms with Crippen LogP contribution in [0.15, 0.2) is 42.5 Å². The first-order valence-corrected chi connectivity index (χ1v) is 8.95. The van der Waals surface area contributed by atoms with Gasteiger partial charge in [-0.05, 0) is 70.3 Å². The first kappa shape index (κ1) is 15.0. The number of aryl methyl sites for hydroxylation is 1. The van der Waals surface area contributed by atoms with Gasteiger partial charge in [0.2, 0.25) is 0 Å². The predicted molar refractivity (Wildman–Crippen MR) is 97.0 cm³/mol. The lowest BCUT2D eigenvalue weighted by Crippen LogP contribution is -2.22. The van der Waals surface area contributed by atoms with E-state index in [9.17, 15) is 4.79 Å². The van der Waals surface area contributed by atoms with Gasteiger partial charge in [0.1, 0.15) is 0 Å². The molecule has 21 heavy (non-hydrogen) atoms. The molecule has 3 rings (SSSR count). The van der Waals surface area contributed by atoms with Gasteiger partial charge in [-0.1, -0.05) is 40.2 Å². The number of fused-ring (bicyclic) bond motifs is 1. The number of nitrogens with one attached hydrogen (secondary N) is 1.